The largest absolute Gasteiger partial charge is 0.309 e. The molecule has 0 atom stereocenters. The molecule has 2 aliphatic carbocycles. The van der Waals surface area contributed by atoms with E-state index in [1.807, 2.05) is 22.7 Å². The smallest absolute Gasteiger partial charge is 0.0540 e. The number of anilines is 6. The van der Waals surface area contributed by atoms with Crippen molar-refractivity contribution in [3.63, 3.8) is 0 Å². The molecule has 4 heteroatoms. The van der Waals surface area contributed by atoms with Crippen LogP contribution in [0.4, 0.5) is 34.1 Å². The van der Waals surface area contributed by atoms with Gasteiger partial charge in [-0.25, -0.2) is 0 Å². The van der Waals surface area contributed by atoms with Crippen molar-refractivity contribution < 1.29 is 0 Å². The molecule has 0 unspecified atom stereocenters. The summed E-state index contributed by atoms with van der Waals surface area (Å²) < 4.78 is 5.11. The first kappa shape index (κ1) is 70.6. The van der Waals surface area contributed by atoms with Crippen molar-refractivity contribution in [2.24, 2.45) is 0 Å². The van der Waals surface area contributed by atoms with Gasteiger partial charge in [0.2, 0.25) is 0 Å². The first-order chi connectivity index (χ1) is 58.0. The molecule has 0 saturated heterocycles. The van der Waals surface area contributed by atoms with Crippen LogP contribution in [0.3, 0.4) is 0 Å². The molecule has 0 saturated carbocycles. The zero-order chi connectivity index (χ0) is 78.7. The summed E-state index contributed by atoms with van der Waals surface area (Å²) in [6.07, 6.45) is 0. The van der Waals surface area contributed by atoms with E-state index in [-0.39, 0.29) is 10.8 Å². The van der Waals surface area contributed by atoms with Crippen LogP contribution in [0.15, 0.2) is 413 Å². The van der Waals surface area contributed by atoms with Crippen molar-refractivity contribution in [1.82, 2.24) is 0 Å². The van der Waals surface area contributed by atoms with Gasteiger partial charge in [0.05, 0.1) is 22.7 Å². The second-order valence-electron chi connectivity index (χ2n) is 32.5. The Kier molecular flexibility index (Phi) is 17.0. The molecule has 2 nitrogen and oxygen atoms in total. The predicted octanol–water partition coefficient (Wildman–Crippen LogP) is 33.0. The molecule has 0 N–H and O–H groups in total. The molecule has 2 aromatic heterocycles. The maximum absolute atomic E-state index is 2.54. The number of hydrogen-bond donors (Lipinski definition) is 0. The maximum atomic E-state index is 2.54. The van der Waals surface area contributed by atoms with E-state index in [1.165, 1.54) is 152 Å². The van der Waals surface area contributed by atoms with E-state index in [1.54, 1.807) is 0 Å². The lowest BCUT2D eigenvalue weighted by Crippen LogP contribution is -2.15. The Morgan fingerprint density at radius 1 is 0.178 bits per heavy atom. The van der Waals surface area contributed by atoms with E-state index in [0.717, 1.165) is 67.5 Å². The minimum atomic E-state index is -0.287. The minimum Gasteiger partial charge on any atom is -0.309 e. The highest BCUT2D eigenvalue weighted by molar-refractivity contribution is 7.26. The molecule has 0 radical (unpaired) electrons. The highest BCUT2D eigenvalue weighted by atomic mass is 32.1. The van der Waals surface area contributed by atoms with Gasteiger partial charge >= 0.3 is 0 Å². The Bertz CT molecular complexity index is 7350. The number of nitrogens with zero attached hydrogens (tertiary/aromatic N) is 2. The summed E-state index contributed by atoms with van der Waals surface area (Å²) in [7, 11) is 0. The topological polar surface area (TPSA) is 6.48 Å². The molecule has 0 bridgehead atoms. The Hall–Kier alpha value is -14.0. The molecular formula is C114H80N2S2. The SMILES string of the molecule is CC1(C)c2ccccc2-c2c(-c3ccccc3N(c3ccc(-c4ccc(-c5ccccc5)cc4)cc3)c3ccccc3-c3ccc4sc5ccc(-c6ccc7c(c6)-c6c(-c8ccccc8N(c8ccc(-c9ccccc9)c(-c9ccccc9)c8)c8ccccc8-c8ccc9sc%10ccccc%10c9c8)cccc6C7(C)C)cc5c4c3)cccc21. The average molecular weight is 1540 g/mol. The maximum Gasteiger partial charge on any atom is 0.0540 e. The standard InChI is InChI=1S/C114H80N2S2/c1-113(2)99-42-20-14-39-93(99)111-91(40-26-43-101(111)113)88-36-17-23-47-105(88)115(83-60-54-76(55-61-83)75-52-50-74(51-53-75)73-28-8-5-9-29-73)103-45-21-15-34-86(103)82-59-67-110-97(71-82)96-68-80(57-65-109(96)118-110)79-56-64-100-98(69-79)112-92(41-27-44-102(112)114(100,3)4)89-37-18-24-48-106(89)116(84-62-63-85(77-30-10-6-11-31-77)94(72-84)78-32-12-7-13-33-78)104-46-22-16-35-87(104)81-58-66-108-95(70-81)90-38-19-25-49-107(90)117-108/h5-72H,1-4H3. The van der Waals surface area contributed by atoms with E-state index >= 15 is 0 Å². The van der Waals surface area contributed by atoms with Crippen molar-refractivity contribution in [2.45, 2.75) is 38.5 Å². The van der Waals surface area contributed by atoms with E-state index in [0.29, 0.717) is 0 Å². The third-order valence-corrected chi connectivity index (χ3v) is 27.5. The number of rotatable bonds is 15. The predicted molar refractivity (Wildman–Crippen MR) is 506 cm³/mol. The minimum absolute atomic E-state index is 0.156. The molecule has 0 aliphatic heterocycles. The highest BCUT2D eigenvalue weighted by Crippen LogP contribution is 2.58. The quantitative estimate of drug-likeness (QED) is 0.101. The Morgan fingerprint density at radius 3 is 1.07 bits per heavy atom. The third-order valence-electron chi connectivity index (χ3n) is 25.2. The summed E-state index contributed by atoms with van der Waals surface area (Å²) in [5.74, 6) is 0. The molecule has 18 aromatic carbocycles. The summed E-state index contributed by atoms with van der Waals surface area (Å²) in [5, 5.41) is 5.06. The van der Waals surface area contributed by atoms with Gasteiger partial charge in [-0.1, -0.05) is 343 Å². The molecule has 118 heavy (non-hydrogen) atoms. The van der Waals surface area contributed by atoms with Crippen LogP contribution in [0.25, 0.3) is 163 Å². The van der Waals surface area contributed by atoms with Crippen molar-refractivity contribution in [1.29, 1.82) is 0 Å². The van der Waals surface area contributed by atoms with Gasteiger partial charge in [0, 0.05) is 84.8 Å². The van der Waals surface area contributed by atoms with Gasteiger partial charge in [0.15, 0.2) is 0 Å². The third kappa shape index (κ3) is 11.8. The summed E-state index contributed by atoms with van der Waals surface area (Å²) in [6, 6.07) is 154. The number of benzene rings is 18. The van der Waals surface area contributed by atoms with Gasteiger partial charge in [0.1, 0.15) is 0 Å². The second kappa shape index (κ2) is 28.5. The normalized spacial score (nSPS) is 12.9. The van der Waals surface area contributed by atoms with E-state index < -0.39 is 0 Å². The molecule has 0 amide bonds. The van der Waals surface area contributed by atoms with Crippen LogP contribution < -0.4 is 9.80 Å². The lowest BCUT2D eigenvalue weighted by atomic mass is 9.81. The summed E-state index contributed by atoms with van der Waals surface area (Å²) in [5.41, 5.74) is 37.8. The first-order valence-electron chi connectivity index (χ1n) is 40.9. The van der Waals surface area contributed by atoms with Crippen LogP contribution in [0, 0.1) is 0 Å². The summed E-state index contributed by atoms with van der Waals surface area (Å²) in [6.45, 7) is 9.58. The highest BCUT2D eigenvalue weighted by Gasteiger charge is 2.40. The van der Waals surface area contributed by atoms with Gasteiger partial charge in [-0.15, -0.1) is 22.7 Å². The van der Waals surface area contributed by atoms with Gasteiger partial charge in [-0.2, -0.15) is 0 Å². The zero-order valence-corrected chi connectivity index (χ0v) is 67.6. The van der Waals surface area contributed by atoms with E-state index in [4.69, 9.17) is 0 Å². The van der Waals surface area contributed by atoms with E-state index in [2.05, 4.69) is 450 Å². The fourth-order valence-corrected chi connectivity index (χ4v) is 21.5. The monoisotopic (exact) mass is 1540 g/mol. The molecule has 2 aliphatic rings. The van der Waals surface area contributed by atoms with Gasteiger partial charge in [0.25, 0.3) is 0 Å². The molecule has 558 valence electrons. The first-order valence-corrected chi connectivity index (χ1v) is 42.6. The van der Waals surface area contributed by atoms with Crippen LogP contribution in [0.1, 0.15) is 49.9 Å². The number of hydrogen-bond acceptors (Lipinski definition) is 4. The fraction of sp³-hybridized carbons (Fsp3) is 0.0526. The van der Waals surface area contributed by atoms with Crippen LogP contribution in [-0.4, -0.2) is 0 Å². The van der Waals surface area contributed by atoms with Crippen LogP contribution in [0.2, 0.25) is 0 Å². The number of fused-ring (bicyclic) bond motifs is 12. The second-order valence-corrected chi connectivity index (χ2v) is 34.7. The summed E-state index contributed by atoms with van der Waals surface area (Å²) in [4.78, 5) is 5.06. The number of para-hydroxylation sites is 4. The van der Waals surface area contributed by atoms with Crippen molar-refractivity contribution in [3.05, 3.63) is 435 Å². The van der Waals surface area contributed by atoms with Crippen LogP contribution >= 0.6 is 22.7 Å². The van der Waals surface area contributed by atoms with Crippen molar-refractivity contribution >= 4 is 97.1 Å². The average Bonchev–Trinajstić information content (AvgIpc) is 1.55. The lowest BCUT2D eigenvalue weighted by Gasteiger charge is -2.31. The molecule has 0 spiro atoms. The fourth-order valence-electron chi connectivity index (χ4n) is 19.3. The van der Waals surface area contributed by atoms with Gasteiger partial charge < -0.3 is 9.80 Å². The van der Waals surface area contributed by atoms with E-state index in [9.17, 15) is 0 Å². The van der Waals surface area contributed by atoms with Gasteiger partial charge in [-0.05, 0) is 219 Å². The Labute approximate surface area is 697 Å². The zero-order valence-electron chi connectivity index (χ0n) is 66.0. The van der Waals surface area contributed by atoms with Crippen molar-refractivity contribution in [2.75, 3.05) is 9.80 Å². The van der Waals surface area contributed by atoms with Gasteiger partial charge in [-0.3, -0.25) is 0 Å². The molecule has 2 heterocycles. The lowest BCUT2D eigenvalue weighted by molar-refractivity contribution is 0.660. The van der Waals surface area contributed by atoms with Crippen LogP contribution in [-0.2, 0) is 10.8 Å². The Morgan fingerprint density at radius 2 is 0.517 bits per heavy atom. The molecule has 0 fully saturated rings. The number of thiophene rings is 2. The summed E-state index contributed by atoms with van der Waals surface area (Å²) >= 11 is 3.73. The molecule has 22 rings (SSSR count). The van der Waals surface area contributed by atoms with Crippen molar-refractivity contribution in [3.8, 4) is 122 Å². The van der Waals surface area contributed by atoms with Crippen LogP contribution in [0.5, 0.6) is 0 Å². The molecule has 20 aromatic rings. The Balaban J connectivity index is 0.666. The molecular weight excluding hydrogens is 1460 g/mol.